The van der Waals surface area contributed by atoms with E-state index in [1.165, 1.54) is 12.2 Å². The molecule has 0 bridgehead atoms. The highest BCUT2D eigenvalue weighted by molar-refractivity contribution is 7.99. The normalized spacial score (nSPS) is 24.5. The summed E-state index contributed by atoms with van der Waals surface area (Å²) in [6.45, 7) is 3.24. The molecule has 1 rings (SSSR count). The molecule has 1 N–H and O–H groups in total. The second-order valence-corrected chi connectivity index (χ2v) is 4.59. The first kappa shape index (κ1) is 11.9. The molecule has 1 fully saturated rings. The van der Waals surface area contributed by atoms with E-state index in [-0.39, 0.29) is 12.0 Å². The zero-order chi connectivity index (χ0) is 10.2. The van der Waals surface area contributed by atoms with Crippen molar-refractivity contribution in [3.8, 4) is 0 Å². The second kappa shape index (κ2) is 7.12. The van der Waals surface area contributed by atoms with Crippen molar-refractivity contribution in [1.29, 1.82) is 0 Å². The lowest BCUT2D eigenvalue weighted by molar-refractivity contribution is -0.145. The number of nitrogens with one attached hydrogen (secondary N) is 1. The molecule has 1 unspecified atom stereocenters. The second-order valence-electron chi connectivity index (χ2n) is 3.37. The average molecular weight is 217 g/mol. The standard InChI is InChI=1S/C10H19NO2S/c1-2-13-10(12)9-5-3-4-7-14-8-6-11-9/h9,11H,2-8H2,1H3. The predicted molar refractivity (Wildman–Crippen MR) is 59.6 cm³/mol. The summed E-state index contributed by atoms with van der Waals surface area (Å²) in [5.41, 5.74) is 0. The van der Waals surface area contributed by atoms with Gasteiger partial charge in [-0.1, -0.05) is 6.42 Å². The third kappa shape index (κ3) is 4.33. The topological polar surface area (TPSA) is 38.3 Å². The van der Waals surface area contributed by atoms with E-state index in [0.717, 1.165) is 25.1 Å². The first-order valence-corrected chi connectivity index (χ1v) is 6.48. The first-order chi connectivity index (χ1) is 6.84. The van der Waals surface area contributed by atoms with E-state index in [1.54, 1.807) is 0 Å². The molecule has 1 aliphatic rings. The molecule has 0 aromatic carbocycles. The van der Waals surface area contributed by atoms with Gasteiger partial charge in [-0.3, -0.25) is 4.79 Å². The van der Waals surface area contributed by atoms with E-state index in [2.05, 4.69) is 5.32 Å². The van der Waals surface area contributed by atoms with Gasteiger partial charge in [0.2, 0.25) is 0 Å². The van der Waals surface area contributed by atoms with E-state index in [0.29, 0.717) is 6.61 Å². The molecule has 0 spiro atoms. The van der Waals surface area contributed by atoms with Gasteiger partial charge in [0.1, 0.15) is 6.04 Å². The van der Waals surface area contributed by atoms with Crippen molar-refractivity contribution >= 4 is 17.7 Å². The molecule has 0 aromatic rings. The summed E-state index contributed by atoms with van der Waals surface area (Å²) in [5, 5.41) is 3.25. The third-order valence-corrected chi connectivity index (χ3v) is 3.31. The molecule has 1 heterocycles. The van der Waals surface area contributed by atoms with Gasteiger partial charge in [0.25, 0.3) is 0 Å². The number of hydrogen-bond acceptors (Lipinski definition) is 4. The van der Waals surface area contributed by atoms with Crippen molar-refractivity contribution in [2.45, 2.75) is 32.2 Å². The lowest BCUT2D eigenvalue weighted by Gasteiger charge is -2.15. The smallest absolute Gasteiger partial charge is 0.323 e. The number of rotatable bonds is 2. The van der Waals surface area contributed by atoms with Gasteiger partial charge < -0.3 is 10.1 Å². The summed E-state index contributed by atoms with van der Waals surface area (Å²) in [6, 6.07) is -0.0753. The maximum absolute atomic E-state index is 11.5. The van der Waals surface area contributed by atoms with E-state index < -0.39 is 0 Å². The van der Waals surface area contributed by atoms with Crippen LogP contribution >= 0.6 is 11.8 Å². The van der Waals surface area contributed by atoms with Crippen LogP contribution in [0.4, 0.5) is 0 Å². The van der Waals surface area contributed by atoms with Crippen LogP contribution in [0.1, 0.15) is 26.2 Å². The summed E-state index contributed by atoms with van der Waals surface area (Å²) < 4.78 is 5.01. The molecule has 0 amide bonds. The van der Waals surface area contributed by atoms with Crippen LogP contribution in [0.5, 0.6) is 0 Å². The Labute approximate surface area is 90.0 Å². The number of thioether (sulfide) groups is 1. The molecule has 4 heteroatoms. The SMILES string of the molecule is CCOC(=O)C1CCCCSCCN1. The molecular weight excluding hydrogens is 198 g/mol. The molecule has 3 nitrogen and oxygen atoms in total. The Morgan fingerprint density at radius 3 is 3.14 bits per heavy atom. The van der Waals surface area contributed by atoms with E-state index in [9.17, 15) is 4.79 Å². The Bertz CT molecular complexity index is 166. The van der Waals surface area contributed by atoms with Crippen LogP contribution in [0.2, 0.25) is 0 Å². The number of carbonyl (C=O) groups is 1. The van der Waals surface area contributed by atoms with Gasteiger partial charge in [0.05, 0.1) is 6.61 Å². The first-order valence-electron chi connectivity index (χ1n) is 5.32. The zero-order valence-corrected chi connectivity index (χ0v) is 9.57. The van der Waals surface area contributed by atoms with E-state index >= 15 is 0 Å². The third-order valence-electron chi connectivity index (χ3n) is 2.24. The van der Waals surface area contributed by atoms with Crippen LogP contribution < -0.4 is 5.32 Å². The lowest BCUT2D eigenvalue weighted by Crippen LogP contribution is -2.39. The van der Waals surface area contributed by atoms with E-state index in [1.807, 2.05) is 18.7 Å². The largest absolute Gasteiger partial charge is 0.465 e. The van der Waals surface area contributed by atoms with Crippen LogP contribution in [0.25, 0.3) is 0 Å². The molecule has 0 aromatic heterocycles. The molecular formula is C10H19NO2S. The maximum Gasteiger partial charge on any atom is 0.323 e. The number of ether oxygens (including phenoxy) is 1. The summed E-state index contributed by atoms with van der Waals surface area (Å²) in [5.74, 6) is 2.23. The molecule has 0 saturated carbocycles. The van der Waals surface area contributed by atoms with Gasteiger partial charge >= 0.3 is 5.97 Å². The highest BCUT2D eigenvalue weighted by Gasteiger charge is 2.18. The maximum atomic E-state index is 11.5. The van der Waals surface area contributed by atoms with Gasteiger partial charge in [-0.2, -0.15) is 11.8 Å². The van der Waals surface area contributed by atoms with Crippen molar-refractivity contribution in [3.63, 3.8) is 0 Å². The lowest BCUT2D eigenvalue weighted by atomic mass is 10.1. The minimum absolute atomic E-state index is 0.0753. The molecule has 0 radical (unpaired) electrons. The fraction of sp³-hybridized carbons (Fsp3) is 0.900. The molecule has 1 aliphatic heterocycles. The van der Waals surface area contributed by atoms with Crippen LogP contribution in [0.3, 0.4) is 0 Å². The molecule has 1 saturated heterocycles. The number of carbonyl (C=O) groups excluding carboxylic acids is 1. The predicted octanol–water partition coefficient (Wildman–Crippen LogP) is 1.42. The monoisotopic (exact) mass is 217 g/mol. The van der Waals surface area contributed by atoms with Crippen molar-refractivity contribution in [2.75, 3.05) is 24.7 Å². The number of hydrogen-bond donors (Lipinski definition) is 1. The quantitative estimate of drug-likeness (QED) is 0.710. The van der Waals surface area contributed by atoms with Crippen molar-refractivity contribution in [3.05, 3.63) is 0 Å². The van der Waals surface area contributed by atoms with Gasteiger partial charge in [0.15, 0.2) is 0 Å². The Kier molecular flexibility index (Phi) is 6.03. The van der Waals surface area contributed by atoms with Gasteiger partial charge in [-0.05, 0) is 25.5 Å². The summed E-state index contributed by atoms with van der Waals surface area (Å²) in [6.07, 6.45) is 3.24. The van der Waals surface area contributed by atoms with Gasteiger partial charge in [-0.15, -0.1) is 0 Å². The highest BCUT2D eigenvalue weighted by Crippen LogP contribution is 2.11. The number of esters is 1. The minimum atomic E-state index is -0.0839. The van der Waals surface area contributed by atoms with Crippen LogP contribution in [0.15, 0.2) is 0 Å². The highest BCUT2D eigenvalue weighted by atomic mass is 32.2. The fourth-order valence-corrected chi connectivity index (χ4v) is 2.38. The summed E-state index contributed by atoms with van der Waals surface area (Å²) in [7, 11) is 0. The molecule has 1 atom stereocenters. The zero-order valence-electron chi connectivity index (χ0n) is 8.75. The fourth-order valence-electron chi connectivity index (χ4n) is 1.51. The van der Waals surface area contributed by atoms with Gasteiger partial charge in [-0.25, -0.2) is 0 Å². The van der Waals surface area contributed by atoms with E-state index in [4.69, 9.17) is 4.74 Å². The summed E-state index contributed by atoms with van der Waals surface area (Å²) >= 11 is 1.95. The average Bonchev–Trinajstić information content (AvgIpc) is 2.30. The van der Waals surface area contributed by atoms with Crippen LogP contribution in [-0.4, -0.2) is 36.7 Å². The Hall–Kier alpha value is -0.220. The molecule has 14 heavy (non-hydrogen) atoms. The van der Waals surface area contributed by atoms with Crippen LogP contribution in [0, 0.1) is 0 Å². The van der Waals surface area contributed by atoms with Gasteiger partial charge in [0, 0.05) is 12.3 Å². The van der Waals surface area contributed by atoms with Crippen LogP contribution in [-0.2, 0) is 9.53 Å². The van der Waals surface area contributed by atoms with Crippen molar-refractivity contribution < 1.29 is 9.53 Å². The van der Waals surface area contributed by atoms with Crippen molar-refractivity contribution in [2.24, 2.45) is 0 Å². The summed E-state index contributed by atoms with van der Waals surface area (Å²) in [4.78, 5) is 11.5. The Morgan fingerprint density at radius 2 is 2.36 bits per heavy atom. The Balaban J connectivity index is 2.35. The molecule has 82 valence electrons. The van der Waals surface area contributed by atoms with Crippen molar-refractivity contribution in [1.82, 2.24) is 5.32 Å². The minimum Gasteiger partial charge on any atom is -0.465 e. The Morgan fingerprint density at radius 1 is 1.50 bits per heavy atom. The molecule has 0 aliphatic carbocycles.